The highest BCUT2D eigenvalue weighted by Crippen LogP contribution is 2.34. The second-order valence-corrected chi connectivity index (χ2v) is 10.6. The maximum Gasteiger partial charge on any atom is 0.332 e. The van der Waals surface area contributed by atoms with Gasteiger partial charge in [0, 0.05) is 44.7 Å². The van der Waals surface area contributed by atoms with Gasteiger partial charge in [0.2, 0.25) is 5.91 Å². The third-order valence-electron chi connectivity index (χ3n) is 7.04. The predicted octanol–water partition coefficient (Wildman–Crippen LogP) is 2.43. The molecule has 4 heterocycles. The first-order chi connectivity index (χ1) is 18.1. The Morgan fingerprint density at radius 2 is 2.03 bits per heavy atom. The van der Waals surface area contributed by atoms with Crippen LogP contribution in [0.4, 0.5) is 15.2 Å². The first kappa shape index (κ1) is 25.8. The Kier molecular flexibility index (Phi) is 6.65. The van der Waals surface area contributed by atoms with E-state index in [2.05, 4.69) is 15.3 Å². The van der Waals surface area contributed by atoms with Crippen molar-refractivity contribution in [1.29, 1.82) is 0 Å². The standard InChI is InChI=1S/C25H28FN7O4S/c1-13(33-12-27-21-20(33)23(35)31(4)25(36)30(21)3)22(34)29-24-28-19(14(2)38-24)15-6-7-18(17(26)10-15)32-9-8-16(11-32)37-5/h6-7,10,12-13,16H,8-9,11H2,1-5H3,(H,28,29,34)/t13-,16-/m0/s1. The van der Waals surface area contributed by atoms with Gasteiger partial charge in [-0.15, -0.1) is 11.3 Å². The van der Waals surface area contributed by atoms with Gasteiger partial charge in [0.15, 0.2) is 16.3 Å². The monoisotopic (exact) mass is 541 g/mol. The maximum atomic E-state index is 15.0. The number of ether oxygens (including phenoxy) is 1. The van der Waals surface area contributed by atoms with Crippen LogP contribution in [0.25, 0.3) is 22.4 Å². The molecule has 1 amide bonds. The Morgan fingerprint density at radius 1 is 1.26 bits per heavy atom. The predicted molar refractivity (Wildman–Crippen MR) is 143 cm³/mol. The van der Waals surface area contributed by atoms with Crippen molar-refractivity contribution in [1.82, 2.24) is 23.7 Å². The highest BCUT2D eigenvalue weighted by Gasteiger charge is 2.26. The van der Waals surface area contributed by atoms with Crippen LogP contribution in [0.2, 0.25) is 0 Å². The zero-order chi connectivity index (χ0) is 27.3. The van der Waals surface area contributed by atoms with Crippen LogP contribution in [-0.2, 0) is 23.6 Å². The molecule has 200 valence electrons. The molecule has 1 aliphatic rings. The number of nitrogens with zero attached hydrogens (tertiary/aromatic N) is 6. The van der Waals surface area contributed by atoms with Crippen molar-refractivity contribution < 1.29 is 13.9 Å². The molecule has 4 aromatic rings. The number of imidazole rings is 1. The van der Waals surface area contributed by atoms with Crippen molar-refractivity contribution in [2.45, 2.75) is 32.4 Å². The zero-order valence-corrected chi connectivity index (χ0v) is 22.5. The number of nitrogens with one attached hydrogen (secondary N) is 1. The molecule has 5 rings (SSSR count). The minimum Gasteiger partial charge on any atom is -0.380 e. The molecule has 0 bridgehead atoms. The Labute approximate surface area is 221 Å². The molecular weight excluding hydrogens is 513 g/mol. The van der Waals surface area contributed by atoms with E-state index in [9.17, 15) is 14.4 Å². The van der Waals surface area contributed by atoms with Gasteiger partial charge in [-0.05, 0) is 32.4 Å². The minimum atomic E-state index is -0.814. The molecule has 1 N–H and O–H groups in total. The van der Waals surface area contributed by atoms with Crippen molar-refractivity contribution in [3.05, 3.63) is 56.1 Å². The van der Waals surface area contributed by atoms with Gasteiger partial charge in [-0.25, -0.2) is 19.2 Å². The van der Waals surface area contributed by atoms with Crippen molar-refractivity contribution >= 4 is 39.2 Å². The number of benzene rings is 1. The Hall–Kier alpha value is -3.84. The van der Waals surface area contributed by atoms with E-state index in [1.165, 1.54) is 47.0 Å². The summed E-state index contributed by atoms with van der Waals surface area (Å²) in [7, 11) is 4.56. The van der Waals surface area contributed by atoms with Crippen molar-refractivity contribution in [3.63, 3.8) is 0 Å². The summed E-state index contributed by atoms with van der Waals surface area (Å²) in [6, 6.07) is 4.22. The Bertz CT molecular complexity index is 1670. The van der Waals surface area contributed by atoms with E-state index >= 15 is 4.39 Å². The van der Waals surface area contributed by atoms with Crippen LogP contribution in [-0.4, -0.2) is 55.9 Å². The largest absolute Gasteiger partial charge is 0.380 e. The number of halogens is 1. The normalized spacial score (nSPS) is 16.4. The summed E-state index contributed by atoms with van der Waals surface area (Å²) in [4.78, 5) is 49.6. The van der Waals surface area contributed by atoms with Crippen LogP contribution in [0.15, 0.2) is 34.1 Å². The number of aryl methyl sites for hydroxylation is 2. The number of aromatic nitrogens is 5. The van der Waals surface area contributed by atoms with Crippen molar-refractivity contribution in [2.75, 3.05) is 30.4 Å². The number of rotatable bonds is 6. The van der Waals surface area contributed by atoms with E-state index in [0.717, 1.165) is 22.4 Å². The molecule has 1 fully saturated rings. The average Bonchev–Trinajstić information content (AvgIpc) is 3.64. The van der Waals surface area contributed by atoms with Gasteiger partial charge in [-0.3, -0.25) is 18.7 Å². The number of amides is 1. The molecule has 1 aromatic carbocycles. The lowest BCUT2D eigenvalue weighted by Gasteiger charge is -2.19. The lowest BCUT2D eigenvalue weighted by molar-refractivity contribution is -0.118. The van der Waals surface area contributed by atoms with Gasteiger partial charge >= 0.3 is 5.69 Å². The smallest absolute Gasteiger partial charge is 0.332 e. The Morgan fingerprint density at radius 3 is 2.71 bits per heavy atom. The van der Waals surface area contributed by atoms with E-state index in [1.807, 2.05) is 17.9 Å². The van der Waals surface area contributed by atoms with Crippen LogP contribution in [0.3, 0.4) is 0 Å². The molecule has 3 aromatic heterocycles. The van der Waals surface area contributed by atoms with Crippen LogP contribution < -0.4 is 21.5 Å². The maximum absolute atomic E-state index is 15.0. The van der Waals surface area contributed by atoms with E-state index in [-0.39, 0.29) is 23.1 Å². The van der Waals surface area contributed by atoms with Gasteiger partial charge in [0.1, 0.15) is 11.9 Å². The molecule has 0 spiro atoms. The second kappa shape index (κ2) is 9.80. The molecule has 0 unspecified atom stereocenters. The number of thiazole rings is 1. The van der Waals surface area contributed by atoms with Crippen LogP contribution in [0.5, 0.6) is 0 Å². The summed E-state index contributed by atoms with van der Waals surface area (Å²) in [5, 5.41) is 3.15. The van der Waals surface area contributed by atoms with Gasteiger partial charge < -0.3 is 19.5 Å². The number of carbonyl (C=O) groups excluding carboxylic acids is 1. The van der Waals surface area contributed by atoms with Crippen molar-refractivity contribution in [2.24, 2.45) is 14.1 Å². The van der Waals surface area contributed by atoms with Gasteiger partial charge in [0.05, 0.1) is 23.8 Å². The van der Waals surface area contributed by atoms with Crippen LogP contribution >= 0.6 is 11.3 Å². The van der Waals surface area contributed by atoms with Gasteiger partial charge in [-0.1, -0.05) is 6.07 Å². The summed E-state index contributed by atoms with van der Waals surface area (Å²) >= 11 is 1.28. The molecule has 0 aliphatic carbocycles. The molecule has 38 heavy (non-hydrogen) atoms. The topological polar surface area (TPSA) is 116 Å². The Balaban J connectivity index is 1.37. The fourth-order valence-electron chi connectivity index (χ4n) is 4.76. The molecule has 1 aliphatic heterocycles. The molecule has 2 atom stereocenters. The van der Waals surface area contributed by atoms with Crippen molar-refractivity contribution in [3.8, 4) is 11.3 Å². The second-order valence-electron chi connectivity index (χ2n) is 9.38. The fourth-order valence-corrected chi connectivity index (χ4v) is 5.60. The highest BCUT2D eigenvalue weighted by atomic mass is 32.1. The van der Waals surface area contributed by atoms with E-state index < -0.39 is 23.2 Å². The quantitative estimate of drug-likeness (QED) is 0.399. The minimum absolute atomic E-state index is 0.0960. The third-order valence-corrected chi connectivity index (χ3v) is 7.92. The lowest BCUT2D eigenvalue weighted by atomic mass is 10.1. The molecule has 0 saturated carbocycles. The molecule has 13 heteroatoms. The summed E-state index contributed by atoms with van der Waals surface area (Å²) in [6.45, 7) is 4.86. The summed E-state index contributed by atoms with van der Waals surface area (Å²) in [6.07, 6.45) is 2.32. The number of carbonyl (C=O) groups is 1. The zero-order valence-electron chi connectivity index (χ0n) is 21.7. The summed E-state index contributed by atoms with van der Waals surface area (Å²) in [5.41, 5.74) is 1.03. The van der Waals surface area contributed by atoms with Gasteiger partial charge in [-0.2, -0.15) is 0 Å². The lowest BCUT2D eigenvalue weighted by Crippen LogP contribution is -2.38. The summed E-state index contributed by atoms with van der Waals surface area (Å²) in [5.74, 6) is -0.752. The van der Waals surface area contributed by atoms with Gasteiger partial charge in [0.25, 0.3) is 5.56 Å². The highest BCUT2D eigenvalue weighted by molar-refractivity contribution is 7.16. The number of hydrogen-bond acceptors (Lipinski definition) is 8. The summed E-state index contributed by atoms with van der Waals surface area (Å²) < 4.78 is 24.1. The first-order valence-electron chi connectivity index (χ1n) is 12.1. The van der Waals surface area contributed by atoms with Crippen LogP contribution in [0, 0.1) is 12.7 Å². The SMILES string of the molecule is CO[C@H]1CCN(c2ccc(-c3nc(NC(=O)[C@H](C)n4cnc5c4c(=O)n(C)c(=O)n5C)sc3C)cc2F)C1. The number of methoxy groups -OCH3 is 1. The molecular formula is C25H28FN7O4S. The van der Waals surface area contributed by atoms with E-state index in [4.69, 9.17) is 4.74 Å². The number of anilines is 2. The van der Waals surface area contributed by atoms with E-state index in [0.29, 0.717) is 28.6 Å². The molecule has 1 saturated heterocycles. The first-order valence-corrected chi connectivity index (χ1v) is 12.9. The molecule has 0 radical (unpaired) electrons. The third kappa shape index (κ3) is 4.31. The van der Waals surface area contributed by atoms with E-state index in [1.54, 1.807) is 20.1 Å². The average molecular weight is 542 g/mol. The molecule has 11 nitrogen and oxygen atoms in total. The van der Waals surface area contributed by atoms with Crippen LogP contribution in [0.1, 0.15) is 24.3 Å². The number of hydrogen-bond donors (Lipinski definition) is 1. The fraction of sp³-hybridized carbons (Fsp3) is 0.400. The number of fused-ring (bicyclic) bond motifs is 1.